The fourth-order valence-electron chi connectivity index (χ4n) is 8.59. The lowest BCUT2D eigenvalue weighted by Crippen LogP contribution is -2.64. The molecule has 3 nitrogen and oxygen atoms in total. The minimum atomic E-state index is 0.0465. The van der Waals surface area contributed by atoms with E-state index in [0.717, 1.165) is 24.2 Å². The zero-order valence-corrected chi connectivity index (χ0v) is 20.8. The Hall–Kier alpha value is -1.00. The van der Waals surface area contributed by atoms with Crippen LogP contribution in [0.1, 0.15) is 71.6 Å². The monoisotopic (exact) mass is 453 g/mol. The van der Waals surface area contributed by atoms with E-state index in [1.165, 1.54) is 56.3 Å². The number of hydrogen-bond donors (Lipinski definition) is 0. The Morgan fingerprint density at radius 1 is 0.938 bits per heavy atom. The second kappa shape index (κ2) is 7.77. The summed E-state index contributed by atoms with van der Waals surface area (Å²) in [6.07, 6.45) is 12.4. The number of hydrogen-bond acceptors (Lipinski definition) is 3. The molecule has 1 saturated heterocycles. The molecule has 8 atom stereocenters. The van der Waals surface area contributed by atoms with E-state index in [1.54, 1.807) is 11.8 Å². The molecule has 1 amide bonds. The summed E-state index contributed by atoms with van der Waals surface area (Å²) in [4.78, 5) is 16.7. The molecule has 1 aromatic rings. The Bertz CT molecular complexity index is 871. The highest BCUT2D eigenvalue weighted by Crippen LogP contribution is 2.66. The summed E-state index contributed by atoms with van der Waals surface area (Å²) < 4.78 is 6.56. The van der Waals surface area contributed by atoms with Crippen LogP contribution in [-0.4, -0.2) is 41.4 Å². The maximum absolute atomic E-state index is 13.4. The van der Waals surface area contributed by atoms with Gasteiger partial charge in [0.05, 0.1) is 17.5 Å². The lowest BCUT2D eigenvalue weighted by molar-refractivity contribution is -0.161. The molecule has 4 aliphatic carbocycles. The molecular weight excluding hydrogens is 414 g/mol. The van der Waals surface area contributed by atoms with E-state index in [4.69, 9.17) is 4.74 Å². The first kappa shape index (κ1) is 21.5. The van der Waals surface area contributed by atoms with E-state index in [2.05, 4.69) is 56.1 Å². The van der Waals surface area contributed by atoms with Gasteiger partial charge >= 0.3 is 0 Å². The molecule has 5 aliphatic rings. The third-order valence-electron chi connectivity index (χ3n) is 10.4. The SMILES string of the molecule is CN1C(=O)C(Sc2ccccc2)C[C@]2(C)[C@H]3CC[C@]4(C)[C@@H](OC5CC5)CC[C@H]4[C@@H]3CC[C@@H]12. The fourth-order valence-corrected chi connectivity index (χ4v) is 9.95. The van der Waals surface area contributed by atoms with Crippen LogP contribution >= 0.6 is 11.8 Å². The van der Waals surface area contributed by atoms with Crippen molar-refractivity contribution < 1.29 is 9.53 Å². The lowest BCUT2D eigenvalue weighted by atomic mass is 9.47. The van der Waals surface area contributed by atoms with E-state index in [1.807, 2.05) is 0 Å². The summed E-state index contributed by atoms with van der Waals surface area (Å²) in [5.74, 6) is 2.71. The number of rotatable bonds is 4. The van der Waals surface area contributed by atoms with Crippen molar-refractivity contribution >= 4 is 17.7 Å². The molecule has 1 unspecified atom stereocenters. The summed E-state index contributed by atoms with van der Waals surface area (Å²) in [5, 5.41) is 0.0465. The first-order valence-electron chi connectivity index (χ1n) is 13.0. The van der Waals surface area contributed by atoms with Crippen molar-refractivity contribution in [3.63, 3.8) is 0 Å². The van der Waals surface area contributed by atoms with Crippen molar-refractivity contribution in [2.24, 2.45) is 28.6 Å². The van der Waals surface area contributed by atoms with Gasteiger partial charge in [-0.15, -0.1) is 11.8 Å². The second-order valence-electron chi connectivity index (χ2n) is 12.0. The normalized spacial score (nSPS) is 45.8. The molecule has 0 radical (unpaired) electrons. The quantitative estimate of drug-likeness (QED) is 0.546. The standard InChI is InChI=1S/C28H39NO2S/c1-27-16-15-22-20(21(27)12-14-25(27)31-18-9-10-18)11-13-24-28(22,2)17-23(26(30)29(24)3)32-19-7-5-4-6-8-19/h4-8,18,20-25H,9-17H2,1-3H3/t20-,21-,22-,23?,24+,25-,27-,28+/m0/s1. The second-order valence-corrected chi connectivity index (χ2v) is 13.3. The number of amides is 1. The van der Waals surface area contributed by atoms with Crippen LogP contribution in [0.15, 0.2) is 35.2 Å². The smallest absolute Gasteiger partial charge is 0.236 e. The molecule has 1 aliphatic heterocycles. The number of ether oxygens (including phenoxy) is 1. The number of fused-ring (bicyclic) bond motifs is 5. The van der Waals surface area contributed by atoms with Crippen molar-refractivity contribution in [1.29, 1.82) is 0 Å². The van der Waals surface area contributed by atoms with E-state index in [9.17, 15) is 4.79 Å². The average Bonchev–Trinajstić information content (AvgIpc) is 3.54. The Morgan fingerprint density at radius 3 is 2.44 bits per heavy atom. The minimum absolute atomic E-state index is 0.0465. The van der Waals surface area contributed by atoms with Gasteiger partial charge in [-0.25, -0.2) is 0 Å². The lowest BCUT2D eigenvalue weighted by Gasteiger charge is -2.62. The summed E-state index contributed by atoms with van der Waals surface area (Å²) in [5.41, 5.74) is 0.607. The molecule has 4 saturated carbocycles. The first-order valence-corrected chi connectivity index (χ1v) is 13.9. The summed E-state index contributed by atoms with van der Waals surface area (Å²) in [6.45, 7) is 5.11. The Kier molecular flexibility index (Phi) is 5.22. The van der Waals surface area contributed by atoms with Crippen LogP contribution in [-0.2, 0) is 9.53 Å². The number of carbonyl (C=O) groups excluding carboxylic acids is 1. The van der Waals surface area contributed by atoms with Gasteiger partial charge in [0.25, 0.3) is 0 Å². The third kappa shape index (κ3) is 3.30. The molecule has 1 aromatic carbocycles. The van der Waals surface area contributed by atoms with Crippen LogP contribution in [0.25, 0.3) is 0 Å². The van der Waals surface area contributed by atoms with Crippen LogP contribution < -0.4 is 0 Å². The van der Waals surface area contributed by atoms with E-state index >= 15 is 0 Å². The zero-order chi connectivity index (χ0) is 22.1. The van der Waals surface area contributed by atoms with Crippen LogP contribution in [0.4, 0.5) is 0 Å². The molecule has 32 heavy (non-hydrogen) atoms. The van der Waals surface area contributed by atoms with E-state index in [0.29, 0.717) is 29.6 Å². The maximum Gasteiger partial charge on any atom is 0.236 e. The largest absolute Gasteiger partial charge is 0.374 e. The molecule has 0 bridgehead atoms. The van der Waals surface area contributed by atoms with Crippen LogP contribution in [0.2, 0.25) is 0 Å². The molecule has 4 heteroatoms. The zero-order valence-electron chi connectivity index (χ0n) is 20.0. The highest BCUT2D eigenvalue weighted by atomic mass is 32.2. The van der Waals surface area contributed by atoms with Gasteiger partial charge in [-0.05, 0) is 98.5 Å². The average molecular weight is 454 g/mol. The van der Waals surface area contributed by atoms with E-state index < -0.39 is 0 Å². The number of benzene rings is 1. The number of thioether (sulfide) groups is 1. The van der Waals surface area contributed by atoms with Crippen LogP contribution in [0, 0.1) is 28.6 Å². The number of likely N-dealkylation sites (tertiary alicyclic amines) is 1. The van der Waals surface area contributed by atoms with Gasteiger partial charge in [0.15, 0.2) is 0 Å². The molecule has 0 N–H and O–H groups in total. The van der Waals surface area contributed by atoms with Gasteiger partial charge in [0, 0.05) is 18.0 Å². The van der Waals surface area contributed by atoms with E-state index in [-0.39, 0.29) is 10.7 Å². The fraction of sp³-hybridized carbons (Fsp3) is 0.750. The van der Waals surface area contributed by atoms with Crippen molar-refractivity contribution in [3.05, 3.63) is 30.3 Å². The highest BCUT2D eigenvalue weighted by Gasteiger charge is 2.62. The Balaban J connectivity index is 1.26. The first-order chi connectivity index (χ1) is 15.4. The molecule has 1 heterocycles. The topological polar surface area (TPSA) is 29.5 Å². The van der Waals surface area contributed by atoms with Crippen molar-refractivity contribution in [2.45, 2.75) is 100 Å². The molecule has 0 aromatic heterocycles. The minimum Gasteiger partial charge on any atom is -0.374 e. The predicted molar refractivity (Wildman–Crippen MR) is 130 cm³/mol. The summed E-state index contributed by atoms with van der Waals surface area (Å²) in [6, 6.07) is 10.9. The number of nitrogens with zero attached hydrogens (tertiary/aromatic N) is 1. The third-order valence-corrected chi connectivity index (χ3v) is 11.5. The van der Waals surface area contributed by atoms with Gasteiger partial charge in [-0.1, -0.05) is 32.0 Å². The number of piperidine rings is 1. The van der Waals surface area contributed by atoms with Crippen molar-refractivity contribution in [3.8, 4) is 0 Å². The van der Waals surface area contributed by atoms with Gasteiger partial charge in [0.1, 0.15) is 0 Å². The molecule has 174 valence electrons. The summed E-state index contributed by atoms with van der Waals surface area (Å²) >= 11 is 1.79. The van der Waals surface area contributed by atoms with Crippen molar-refractivity contribution in [2.75, 3.05) is 7.05 Å². The highest BCUT2D eigenvalue weighted by molar-refractivity contribution is 8.00. The molecule has 0 spiro atoms. The number of carbonyl (C=O) groups is 1. The Morgan fingerprint density at radius 2 is 1.69 bits per heavy atom. The van der Waals surface area contributed by atoms with Crippen LogP contribution in [0.5, 0.6) is 0 Å². The molecule has 5 fully saturated rings. The van der Waals surface area contributed by atoms with Gasteiger partial charge in [-0.3, -0.25) is 4.79 Å². The summed E-state index contributed by atoms with van der Waals surface area (Å²) in [7, 11) is 2.09. The molecule has 6 rings (SSSR count). The molecular formula is C28H39NO2S. The maximum atomic E-state index is 13.4. The van der Waals surface area contributed by atoms with Gasteiger partial charge in [-0.2, -0.15) is 0 Å². The van der Waals surface area contributed by atoms with Crippen LogP contribution in [0.3, 0.4) is 0 Å². The van der Waals surface area contributed by atoms with Gasteiger partial charge < -0.3 is 9.64 Å². The van der Waals surface area contributed by atoms with Gasteiger partial charge in [0.2, 0.25) is 5.91 Å². The predicted octanol–water partition coefficient (Wildman–Crippen LogP) is 6.17. The Labute approximate surface area is 198 Å². The van der Waals surface area contributed by atoms with Crippen molar-refractivity contribution in [1.82, 2.24) is 4.90 Å².